The molecule has 3 aliphatic heterocycles. The molecule has 0 atom stereocenters. The molecular formula is C22H22ClF3N8. The summed E-state index contributed by atoms with van der Waals surface area (Å²) < 4.78 is 41.4. The van der Waals surface area contributed by atoms with E-state index >= 15 is 0 Å². The number of aryl methyl sites for hydroxylation is 1. The van der Waals surface area contributed by atoms with Crippen LogP contribution in [0, 0.1) is 12.3 Å². The highest BCUT2D eigenvalue weighted by Crippen LogP contribution is 2.43. The van der Waals surface area contributed by atoms with Gasteiger partial charge in [0.1, 0.15) is 0 Å². The Kier molecular flexibility index (Phi) is 4.79. The van der Waals surface area contributed by atoms with E-state index in [0.29, 0.717) is 16.8 Å². The van der Waals surface area contributed by atoms with Crippen LogP contribution in [0.15, 0.2) is 30.5 Å². The molecule has 0 saturated carbocycles. The largest absolute Gasteiger partial charge is 0.401 e. The first-order chi connectivity index (χ1) is 16.2. The minimum atomic E-state index is -4.31. The van der Waals surface area contributed by atoms with Crippen molar-refractivity contribution in [3.63, 3.8) is 0 Å². The van der Waals surface area contributed by atoms with Crippen LogP contribution in [0.2, 0.25) is 5.02 Å². The van der Waals surface area contributed by atoms with Gasteiger partial charge in [-0.1, -0.05) is 11.6 Å². The Labute approximate surface area is 199 Å². The van der Waals surface area contributed by atoms with Gasteiger partial charge in [-0.3, -0.25) is 9.47 Å². The Morgan fingerprint density at radius 2 is 1.79 bits per heavy atom. The quantitative estimate of drug-likeness (QED) is 0.558. The second kappa shape index (κ2) is 7.54. The molecule has 8 nitrogen and oxygen atoms in total. The van der Waals surface area contributed by atoms with E-state index in [4.69, 9.17) is 11.6 Å². The van der Waals surface area contributed by atoms with Crippen molar-refractivity contribution in [2.24, 2.45) is 5.41 Å². The van der Waals surface area contributed by atoms with Crippen LogP contribution in [0.1, 0.15) is 17.1 Å². The molecule has 1 spiro atoms. The van der Waals surface area contributed by atoms with E-state index in [0.717, 1.165) is 49.1 Å². The lowest BCUT2D eigenvalue weighted by Gasteiger charge is -2.60. The molecule has 6 rings (SSSR count). The number of benzene rings is 1. The summed E-state index contributed by atoms with van der Waals surface area (Å²) in [5, 5.41) is 9.16. The van der Waals surface area contributed by atoms with Gasteiger partial charge in [-0.25, -0.2) is 9.97 Å². The lowest BCUT2D eigenvalue weighted by molar-refractivity contribution is -0.148. The molecule has 3 aromatic rings. The molecule has 0 unspecified atom stereocenters. The molecule has 34 heavy (non-hydrogen) atoms. The second-order valence-corrected chi connectivity index (χ2v) is 9.93. The number of anilines is 2. The van der Waals surface area contributed by atoms with E-state index in [1.54, 1.807) is 18.3 Å². The van der Waals surface area contributed by atoms with Gasteiger partial charge in [-0.05, 0) is 36.8 Å². The summed E-state index contributed by atoms with van der Waals surface area (Å²) in [6.45, 7) is 4.42. The maximum Gasteiger partial charge on any atom is 0.401 e. The third kappa shape index (κ3) is 3.76. The first kappa shape index (κ1) is 21.6. The number of hydrogen-bond donors (Lipinski definition) is 0. The zero-order chi connectivity index (χ0) is 23.7. The van der Waals surface area contributed by atoms with Crippen LogP contribution in [0.3, 0.4) is 0 Å². The fourth-order valence-electron chi connectivity index (χ4n) is 5.22. The van der Waals surface area contributed by atoms with Gasteiger partial charge in [0, 0.05) is 55.1 Å². The van der Waals surface area contributed by atoms with Crippen LogP contribution in [0.5, 0.6) is 0 Å². The van der Waals surface area contributed by atoms with Gasteiger partial charge in [0.15, 0.2) is 5.82 Å². The molecule has 2 fully saturated rings. The lowest BCUT2D eigenvalue weighted by Crippen LogP contribution is -2.73. The Hall–Kier alpha value is -2.92. The number of fused-ring (bicyclic) bond motifs is 3. The summed E-state index contributed by atoms with van der Waals surface area (Å²) in [5.74, 6) is 1.89. The molecule has 3 aliphatic rings. The van der Waals surface area contributed by atoms with E-state index in [2.05, 4.69) is 30.0 Å². The summed E-state index contributed by atoms with van der Waals surface area (Å²) in [6.07, 6.45) is -2.54. The van der Waals surface area contributed by atoms with Gasteiger partial charge >= 0.3 is 6.18 Å². The Balaban J connectivity index is 1.24. The average molecular weight is 491 g/mol. The highest BCUT2D eigenvalue weighted by Gasteiger charge is 2.54. The topological polar surface area (TPSA) is 66.2 Å². The van der Waals surface area contributed by atoms with Crippen molar-refractivity contribution < 1.29 is 13.2 Å². The molecule has 2 saturated heterocycles. The number of rotatable bonds is 3. The van der Waals surface area contributed by atoms with Gasteiger partial charge in [-0.15, -0.1) is 10.2 Å². The van der Waals surface area contributed by atoms with E-state index < -0.39 is 12.7 Å². The molecule has 0 N–H and O–H groups in total. The van der Waals surface area contributed by atoms with Crippen LogP contribution in [-0.4, -0.2) is 68.5 Å². The average Bonchev–Trinajstić information content (AvgIpc) is 3.01. The van der Waals surface area contributed by atoms with Gasteiger partial charge in [0.05, 0.1) is 18.8 Å². The molecule has 12 heteroatoms. The summed E-state index contributed by atoms with van der Waals surface area (Å²) >= 11 is 6.18. The minimum absolute atomic E-state index is 0.0519. The van der Waals surface area contributed by atoms with Crippen molar-refractivity contribution in [2.75, 3.05) is 42.5 Å². The predicted octanol–water partition coefficient (Wildman–Crippen LogP) is 3.22. The highest BCUT2D eigenvalue weighted by atomic mass is 35.5. The molecule has 5 heterocycles. The van der Waals surface area contributed by atoms with Crippen LogP contribution in [-0.2, 0) is 13.1 Å². The Bertz CT molecular complexity index is 1250. The second-order valence-electron chi connectivity index (χ2n) is 9.50. The first-order valence-electron chi connectivity index (χ1n) is 11.0. The van der Waals surface area contributed by atoms with Crippen molar-refractivity contribution in [3.05, 3.63) is 52.6 Å². The van der Waals surface area contributed by atoms with Crippen LogP contribution in [0.25, 0.3) is 5.69 Å². The Morgan fingerprint density at radius 1 is 1.03 bits per heavy atom. The zero-order valence-electron chi connectivity index (χ0n) is 18.4. The summed E-state index contributed by atoms with van der Waals surface area (Å²) in [6, 6.07) is 7.18. The summed E-state index contributed by atoms with van der Waals surface area (Å²) in [7, 11) is 0. The lowest BCUT2D eigenvalue weighted by atomic mass is 9.73. The Morgan fingerprint density at radius 3 is 2.53 bits per heavy atom. The molecular weight excluding hydrogens is 469 g/mol. The third-order valence-electron chi connectivity index (χ3n) is 6.61. The normalized spacial score (nSPS) is 19.3. The van der Waals surface area contributed by atoms with E-state index in [1.807, 2.05) is 23.6 Å². The number of alkyl halides is 3. The van der Waals surface area contributed by atoms with Crippen molar-refractivity contribution >= 4 is 23.5 Å². The summed E-state index contributed by atoms with van der Waals surface area (Å²) in [5.41, 5.74) is 2.56. The number of aromatic nitrogens is 5. The third-order valence-corrected chi connectivity index (χ3v) is 6.85. The monoisotopic (exact) mass is 490 g/mol. The van der Waals surface area contributed by atoms with Gasteiger partial charge < -0.3 is 9.80 Å². The van der Waals surface area contributed by atoms with Crippen molar-refractivity contribution in [1.82, 2.24) is 29.6 Å². The fraction of sp³-hybridized carbons (Fsp3) is 0.455. The SMILES string of the molecule is Cc1ccnc(N2CC3(C2)CN(c2nnc4n2-c2ccc(Cl)cc2CN(CC(F)(F)F)C4)C3)n1. The van der Waals surface area contributed by atoms with Crippen molar-refractivity contribution in [1.29, 1.82) is 0 Å². The number of nitrogens with zero attached hydrogens (tertiary/aromatic N) is 8. The van der Waals surface area contributed by atoms with E-state index in [9.17, 15) is 13.2 Å². The van der Waals surface area contributed by atoms with Crippen molar-refractivity contribution in [2.45, 2.75) is 26.2 Å². The predicted molar refractivity (Wildman–Crippen MR) is 120 cm³/mol. The molecule has 0 bridgehead atoms. The molecule has 0 aliphatic carbocycles. The van der Waals surface area contributed by atoms with Crippen LogP contribution in [0.4, 0.5) is 25.1 Å². The van der Waals surface area contributed by atoms with Crippen molar-refractivity contribution in [3.8, 4) is 5.69 Å². The molecule has 178 valence electrons. The smallest absolute Gasteiger partial charge is 0.339 e. The van der Waals surface area contributed by atoms with E-state index in [-0.39, 0.29) is 18.5 Å². The minimum Gasteiger partial charge on any atom is -0.339 e. The number of hydrogen-bond acceptors (Lipinski definition) is 7. The molecule has 0 amide bonds. The molecule has 2 aromatic heterocycles. The van der Waals surface area contributed by atoms with Gasteiger partial charge in [0.25, 0.3) is 0 Å². The van der Waals surface area contributed by atoms with Gasteiger partial charge in [0.2, 0.25) is 11.9 Å². The molecule has 0 radical (unpaired) electrons. The highest BCUT2D eigenvalue weighted by molar-refractivity contribution is 6.30. The number of halogens is 4. The van der Waals surface area contributed by atoms with E-state index in [1.165, 1.54) is 4.90 Å². The van der Waals surface area contributed by atoms with Gasteiger partial charge in [-0.2, -0.15) is 13.2 Å². The maximum atomic E-state index is 13.2. The standard InChI is InChI=1S/C22H22ClF3N8/c1-14-4-5-27-19(28-14)32-9-21(10-32)11-33(12-21)20-30-29-18-8-31(13-22(24,25)26)7-15-6-16(23)2-3-17(15)34(18)20/h2-6H,7-13H2,1H3. The first-order valence-corrected chi connectivity index (χ1v) is 11.4. The fourth-order valence-corrected chi connectivity index (χ4v) is 5.41. The zero-order valence-corrected chi connectivity index (χ0v) is 19.2. The molecule has 1 aromatic carbocycles. The summed E-state index contributed by atoms with van der Waals surface area (Å²) in [4.78, 5) is 14.5. The maximum absolute atomic E-state index is 13.2. The van der Waals surface area contributed by atoms with Crippen LogP contribution >= 0.6 is 11.6 Å². The van der Waals surface area contributed by atoms with Crippen LogP contribution < -0.4 is 9.80 Å².